The third-order valence-corrected chi connectivity index (χ3v) is 2.14. The average Bonchev–Trinajstić information content (AvgIpc) is 2.39. The van der Waals surface area contributed by atoms with Crippen molar-refractivity contribution in [3.8, 4) is 0 Å². The molecule has 0 unspecified atom stereocenters. The van der Waals surface area contributed by atoms with Crippen LogP contribution < -0.4 is 0 Å². The Labute approximate surface area is 83.1 Å². The second-order valence-corrected chi connectivity index (χ2v) is 3.05. The van der Waals surface area contributed by atoms with Gasteiger partial charge >= 0.3 is 6.30 Å². The van der Waals surface area contributed by atoms with Crippen molar-refractivity contribution < 1.29 is 13.2 Å². The van der Waals surface area contributed by atoms with Gasteiger partial charge in [0.2, 0.25) is 0 Å². The Hall–Kier alpha value is -1.85. The number of fused-ring (bicyclic) bond motifs is 1. The molecule has 0 aromatic heterocycles. The molecule has 0 fully saturated rings. The Bertz CT molecular complexity index is 415. The van der Waals surface area contributed by atoms with Crippen LogP contribution in [0.4, 0.5) is 13.2 Å². The van der Waals surface area contributed by atoms with E-state index in [0.717, 1.165) is 0 Å². The normalized spacial score (nSPS) is 15.8. The molecule has 0 saturated heterocycles. The van der Waals surface area contributed by atoms with Crippen LogP contribution in [-0.2, 0) is 0 Å². The van der Waals surface area contributed by atoms with E-state index in [1.54, 1.807) is 12.1 Å². The van der Waals surface area contributed by atoms with E-state index < -0.39 is 18.0 Å². The first-order valence-corrected chi connectivity index (χ1v) is 4.07. The highest BCUT2D eigenvalue weighted by Crippen LogP contribution is 2.31. The van der Waals surface area contributed by atoms with Crippen LogP contribution in [0.25, 0.3) is 0 Å². The van der Waals surface area contributed by atoms with Crippen molar-refractivity contribution in [2.24, 2.45) is 0 Å². The summed E-state index contributed by atoms with van der Waals surface area (Å²) in [5, 5.41) is 14.7. The van der Waals surface area contributed by atoms with Gasteiger partial charge in [0.25, 0.3) is 0 Å². The molecule has 78 valence electrons. The second-order valence-electron chi connectivity index (χ2n) is 3.05. The van der Waals surface area contributed by atoms with Gasteiger partial charge in [0.15, 0.2) is 0 Å². The molecule has 0 saturated carbocycles. The van der Waals surface area contributed by atoms with Crippen LogP contribution >= 0.6 is 0 Å². The Kier molecular flexibility index (Phi) is 1.82. The molecule has 0 bridgehead atoms. The number of halogens is 3. The van der Waals surface area contributed by atoms with Crippen LogP contribution in [0, 0.1) is 10.8 Å². The summed E-state index contributed by atoms with van der Waals surface area (Å²) >= 11 is 0. The van der Waals surface area contributed by atoms with E-state index in [2.05, 4.69) is 0 Å². The van der Waals surface area contributed by atoms with Crippen molar-refractivity contribution in [1.82, 2.24) is 4.90 Å². The zero-order valence-electron chi connectivity index (χ0n) is 7.39. The largest absolute Gasteiger partial charge is 0.491 e. The van der Waals surface area contributed by atoms with Crippen LogP contribution in [0.3, 0.4) is 0 Å². The lowest BCUT2D eigenvalue weighted by Gasteiger charge is -2.20. The van der Waals surface area contributed by atoms with Crippen LogP contribution in [-0.4, -0.2) is 22.9 Å². The minimum atomic E-state index is -4.72. The summed E-state index contributed by atoms with van der Waals surface area (Å²) in [5.74, 6) is -1.38. The number of rotatable bonds is 0. The molecular weight excluding hydrogens is 207 g/mol. The SMILES string of the molecule is N=C1c2ccccc2C(=N)N1C(F)(F)F. The Morgan fingerprint density at radius 3 is 1.67 bits per heavy atom. The van der Waals surface area contributed by atoms with Crippen molar-refractivity contribution in [2.45, 2.75) is 6.30 Å². The van der Waals surface area contributed by atoms with Crippen molar-refractivity contribution in [2.75, 3.05) is 0 Å². The van der Waals surface area contributed by atoms with Crippen molar-refractivity contribution in [3.63, 3.8) is 0 Å². The second kappa shape index (κ2) is 2.82. The highest BCUT2D eigenvalue weighted by Gasteiger charge is 2.47. The fourth-order valence-electron chi connectivity index (χ4n) is 1.50. The molecule has 3 nitrogen and oxygen atoms in total. The average molecular weight is 213 g/mol. The molecule has 0 aliphatic carbocycles. The number of hydrogen-bond acceptors (Lipinski definition) is 2. The summed E-state index contributed by atoms with van der Waals surface area (Å²) in [7, 11) is 0. The Morgan fingerprint density at radius 1 is 0.933 bits per heavy atom. The molecule has 1 aromatic carbocycles. The summed E-state index contributed by atoms with van der Waals surface area (Å²) in [6, 6.07) is 5.89. The molecule has 2 rings (SSSR count). The molecule has 0 atom stereocenters. The highest BCUT2D eigenvalue weighted by molar-refractivity contribution is 6.23. The van der Waals surface area contributed by atoms with E-state index in [0.29, 0.717) is 0 Å². The van der Waals surface area contributed by atoms with Crippen LogP contribution in [0.5, 0.6) is 0 Å². The highest BCUT2D eigenvalue weighted by atomic mass is 19.4. The topological polar surface area (TPSA) is 50.9 Å². The molecular formula is C9H6F3N3. The van der Waals surface area contributed by atoms with Gasteiger partial charge in [-0.2, -0.15) is 0 Å². The maximum absolute atomic E-state index is 12.5. The first kappa shape index (κ1) is 9.70. The van der Waals surface area contributed by atoms with E-state index in [9.17, 15) is 13.2 Å². The van der Waals surface area contributed by atoms with Crippen LogP contribution in [0.1, 0.15) is 11.1 Å². The van der Waals surface area contributed by atoms with Crippen molar-refractivity contribution in [3.05, 3.63) is 35.4 Å². The third kappa shape index (κ3) is 1.29. The van der Waals surface area contributed by atoms with E-state index in [1.165, 1.54) is 12.1 Å². The lowest BCUT2D eigenvalue weighted by atomic mass is 10.1. The van der Waals surface area contributed by atoms with Gasteiger partial charge in [0.1, 0.15) is 11.7 Å². The van der Waals surface area contributed by atoms with E-state index in [1.807, 2.05) is 0 Å². The summed E-state index contributed by atoms with van der Waals surface area (Å²) in [5.41, 5.74) is 0.277. The first-order chi connectivity index (χ1) is 6.93. The summed E-state index contributed by atoms with van der Waals surface area (Å²) < 4.78 is 37.4. The molecule has 1 aliphatic rings. The van der Waals surface area contributed by atoms with Gasteiger partial charge in [-0.3, -0.25) is 10.8 Å². The van der Waals surface area contributed by atoms with E-state index >= 15 is 0 Å². The first-order valence-electron chi connectivity index (χ1n) is 4.07. The summed E-state index contributed by atoms with van der Waals surface area (Å²) in [6.07, 6.45) is -4.72. The van der Waals surface area contributed by atoms with E-state index in [4.69, 9.17) is 10.8 Å². The summed E-state index contributed by atoms with van der Waals surface area (Å²) in [6.45, 7) is 0. The van der Waals surface area contributed by atoms with E-state index in [-0.39, 0.29) is 16.0 Å². The predicted octanol–water partition coefficient (Wildman–Crippen LogP) is 2.17. The molecule has 0 radical (unpaired) electrons. The lowest BCUT2D eigenvalue weighted by Crippen LogP contribution is -2.42. The van der Waals surface area contributed by atoms with Gasteiger partial charge in [0.05, 0.1) is 0 Å². The Balaban J connectivity index is 2.55. The van der Waals surface area contributed by atoms with Crippen LogP contribution in [0.2, 0.25) is 0 Å². The molecule has 2 N–H and O–H groups in total. The van der Waals surface area contributed by atoms with Gasteiger partial charge in [-0.25, -0.2) is 4.90 Å². The monoisotopic (exact) mass is 213 g/mol. The van der Waals surface area contributed by atoms with Crippen molar-refractivity contribution >= 4 is 11.7 Å². The van der Waals surface area contributed by atoms with Gasteiger partial charge in [-0.05, 0) is 0 Å². The van der Waals surface area contributed by atoms with Gasteiger partial charge < -0.3 is 0 Å². The fourth-order valence-corrected chi connectivity index (χ4v) is 1.50. The molecule has 0 spiro atoms. The Morgan fingerprint density at radius 2 is 1.33 bits per heavy atom. The number of benzene rings is 1. The molecule has 1 heterocycles. The maximum atomic E-state index is 12.5. The predicted molar refractivity (Wildman–Crippen MR) is 48.0 cm³/mol. The molecule has 6 heteroatoms. The smallest absolute Gasteiger partial charge is 0.284 e. The third-order valence-electron chi connectivity index (χ3n) is 2.14. The lowest BCUT2D eigenvalue weighted by molar-refractivity contribution is -0.192. The number of nitrogens with zero attached hydrogens (tertiary/aromatic N) is 1. The van der Waals surface area contributed by atoms with Crippen molar-refractivity contribution in [1.29, 1.82) is 10.8 Å². The van der Waals surface area contributed by atoms with Gasteiger partial charge in [-0.15, -0.1) is 13.2 Å². The van der Waals surface area contributed by atoms with Gasteiger partial charge in [0, 0.05) is 11.1 Å². The number of hydrogen-bond donors (Lipinski definition) is 2. The minimum absolute atomic E-state index is 0.139. The number of amidine groups is 2. The molecule has 15 heavy (non-hydrogen) atoms. The molecule has 1 aliphatic heterocycles. The molecule has 1 aromatic rings. The number of alkyl halides is 3. The number of nitrogens with one attached hydrogen (secondary N) is 2. The fraction of sp³-hybridized carbons (Fsp3) is 0.111. The minimum Gasteiger partial charge on any atom is -0.284 e. The van der Waals surface area contributed by atoms with Gasteiger partial charge in [-0.1, -0.05) is 24.3 Å². The standard InChI is InChI=1S/C9H6F3N3/c10-9(11,12)15-7(13)5-3-1-2-4-6(5)8(15)14/h1-4,13-14H. The maximum Gasteiger partial charge on any atom is 0.491 e. The summed E-state index contributed by atoms with van der Waals surface area (Å²) in [4.78, 5) is -0.238. The van der Waals surface area contributed by atoms with Crippen LogP contribution in [0.15, 0.2) is 24.3 Å². The zero-order valence-corrected chi connectivity index (χ0v) is 7.39. The molecule has 0 amide bonds. The zero-order chi connectivity index (χ0) is 11.2. The quantitative estimate of drug-likeness (QED) is 0.637.